The van der Waals surface area contributed by atoms with Crippen molar-refractivity contribution < 1.29 is 27.2 Å². The molecule has 0 unspecified atom stereocenters. The Morgan fingerprint density at radius 2 is 1.79 bits per heavy atom. The summed E-state index contributed by atoms with van der Waals surface area (Å²) in [5, 5.41) is 7.09. The number of hydrogen-bond acceptors (Lipinski definition) is 5. The molecule has 1 N–H and O–H groups in total. The van der Waals surface area contributed by atoms with E-state index in [1.807, 2.05) is 0 Å². The number of hydrogen-bond donors (Lipinski definition) is 1. The van der Waals surface area contributed by atoms with Crippen molar-refractivity contribution in [1.29, 1.82) is 0 Å². The lowest BCUT2D eigenvalue weighted by molar-refractivity contribution is -0.153. The van der Waals surface area contributed by atoms with Crippen LogP contribution in [-0.2, 0) is 11.2 Å². The Balaban J connectivity index is 1.48. The van der Waals surface area contributed by atoms with E-state index >= 15 is 0 Å². The van der Waals surface area contributed by atoms with Crippen molar-refractivity contribution in [2.75, 3.05) is 11.9 Å². The fourth-order valence-corrected chi connectivity index (χ4v) is 2.44. The zero-order valence-electron chi connectivity index (χ0n) is 14.9. The molecule has 0 saturated carbocycles. The van der Waals surface area contributed by atoms with Gasteiger partial charge in [-0.3, -0.25) is 4.79 Å². The van der Waals surface area contributed by atoms with Crippen LogP contribution in [0.25, 0.3) is 11.4 Å². The first-order chi connectivity index (χ1) is 13.8. The van der Waals surface area contributed by atoms with Crippen molar-refractivity contribution >= 4 is 23.2 Å². The number of amides is 1. The molecule has 0 spiro atoms. The first-order valence-electron chi connectivity index (χ1n) is 8.46. The van der Waals surface area contributed by atoms with Gasteiger partial charge in [0.05, 0.1) is 0 Å². The number of anilines is 1. The molecule has 0 aliphatic rings. The minimum atomic E-state index is -4.41. The number of rotatable bonds is 7. The number of nitrogens with zero attached hydrogens (tertiary/aromatic N) is 2. The van der Waals surface area contributed by atoms with E-state index in [1.165, 1.54) is 24.3 Å². The van der Waals surface area contributed by atoms with Crippen molar-refractivity contribution in [1.82, 2.24) is 10.1 Å². The lowest BCUT2D eigenvalue weighted by Gasteiger charge is -2.10. The molecule has 0 fully saturated rings. The molecule has 0 aliphatic heterocycles. The van der Waals surface area contributed by atoms with Crippen LogP contribution in [0.4, 0.5) is 18.9 Å². The highest BCUT2D eigenvalue weighted by Crippen LogP contribution is 2.21. The average molecular weight is 426 g/mol. The molecule has 0 saturated heterocycles. The third-order valence-electron chi connectivity index (χ3n) is 3.68. The van der Waals surface area contributed by atoms with Gasteiger partial charge in [-0.2, -0.15) is 18.2 Å². The summed E-state index contributed by atoms with van der Waals surface area (Å²) >= 11 is 5.84. The molecule has 29 heavy (non-hydrogen) atoms. The Kier molecular flexibility index (Phi) is 6.38. The molecule has 0 radical (unpaired) electrons. The van der Waals surface area contributed by atoms with Gasteiger partial charge in [0.2, 0.25) is 17.6 Å². The number of nitrogens with one attached hydrogen (secondary N) is 1. The van der Waals surface area contributed by atoms with Crippen molar-refractivity contribution in [3.05, 3.63) is 59.4 Å². The van der Waals surface area contributed by atoms with Crippen LogP contribution in [0.5, 0.6) is 5.75 Å². The van der Waals surface area contributed by atoms with Gasteiger partial charge in [0.1, 0.15) is 5.75 Å². The third kappa shape index (κ3) is 6.49. The second-order valence-electron chi connectivity index (χ2n) is 6.00. The number of ether oxygens (including phenoxy) is 1. The van der Waals surface area contributed by atoms with E-state index in [1.54, 1.807) is 24.3 Å². The average Bonchev–Trinajstić information content (AvgIpc) is 3.15. The van der Waals surface area contributed by atoms with Crippen LogP contribution in [0, 0.1) is 0 Å². The van der Waals surface area contributed by atoms with Crippen molar-refractivity contribution in [3.63, 3.8) is 0 Å². The Labute approximate surface area is 168 Å². The fraction of sp³-hybridized carbons (Fsp3) is 0.211. The number of carbonyl (C=O) groups excluding carboxylic acids is 1. The molecule has 1 heterocycles. The number of alkyl halides is 3. The summed E-state index contributed by atoms with van der Waals surface area (Å²) in [4.78, 5) is 16.3. The smallest absolute Gasteiger partial charge is 0.422 e. The summed E-state index contributed by atoms with van der Waals surface area (Å²) in [6, 6.07) is 12.5. The summed E-state index contributed by atoms with van der Waals surface area (Å²) < 4.78 is 46.1. The van der Waals surface area contributed by atoms with Gasteiger partial charge < -0.3 is 14.6 Å². The van der Waals surface area contributed by atoms with Gasteiger partial charge in [-0.25, -0.2) is 0 Å². The standard InChI is InChI=1S/C19H15ClF3N3O3/c20-13-3-1-12(2-4-13)18-25-17(29-26-18)10-9-16(27)24-14-5-7-15(8-6-14)28-11-19(21,22)23/h1-8H,9-11H2,(H,24,27). The molecular weight excluding hydrogens is 411 g/mol. The van der Waals surface area contributed by atoms with Crippen LogP contribution in [0.2, 0.25) is 5.02 Å². The lowest BCUT2D eigenvalue weighted by atomic mass is 10.2. The highest BCUT2D eigenvalue weighted by atomic mass is 35.5. The third-order valence-corrected chi connectivity index (χ3v) is 3.93. The van der Waals surface area contributed by atoms with Gasteiger partial charge in [-0.05, 0) is 48.5 Å². The van der Waals surface area contributed by atoms with E-state index in [0.29, 0.717) is 22.4 Å². The maximum Gasteiger partial charge on any atom is 0.422 e. The first kappa shape index (κ1) is 20.7. The Morgan fingerprint density at radius 1 is 1.10 bits per heavy atom. The molecule has 10 heteroatoms. The minimum Gasteiger partial charge on any atom is -0.484 e. The van der Waals surface area contributed by atoms with Crippen LogP contribution < -0.4 is 10.1 Å². The topological polar surface area (TPSA) is 77.2 Å². The molecule has 1 aromatic heterocycles. The molecule has 0 bridgehead atoms. The zero-order valence-corrected chi connectivity index (χ0v) is 15.6. The number of aryl methyl sites for hydroxylation is 1. The van der Waals surface area contributed by atoms with Crippen LogP contribution in [-0.4, -0.2) is 28.8 Å². The van der Waals surface area contributed by atoms with Gasteiger partial charge in [0.15, 0.2) is 6.61 Å². The molecule has 6 nitrogen and oxygen atoms in total. The Bertz CT molecular complexity index is 957. The molecule has 1 amide bonds. The maximum atomic E-state index is 12.1. The van der Waals surface area contributed by atoms with Crippen LogP contribution in [0.3, 0.4) is 0 Å². The summed E-state index contributed by atoms with van der Waals surface area (Å²) in [6.45, 7) is -1.37. The van der Waals surface area contributed by atoms with E-state index in [4.69, 9.17) is 16.1 Å². The van der Waals surface area contributed by atoms with Gasteiger partial charge in [0, 0.05) is 29.1 Å². The summed E-state index contributed by atoms with van der Waals surface area (Å²) in [5.74, 6) is 0.452. The molecular formula is C19H15ClF3N3O3. The van der Waals surface area contributed by atoms with Crippen molar-refractivity contribution in [2.24, 2.45) is 0 Å². The normalized spacial score (nSPS) is 11.3. The number of benzene rings is 2. The molecule has 152 valence electrons. The fourth-order valence-electron chi connectivity index (χ4n) is 2.32. The predicted molar refractivity (Wildman–Crippen MR) is 99.7 cm³/mol. The summed E-state index contributed by atoms with van der Waals surface area (Å²) in [6.07, 6.45) is -4.08. The van der Waals surface area contributed by atoms with Crippen LogP contribution in [0.15, 0.2) is 53.1 Å². The number of aromatic nitrogens is 2. The van der Waals surface area contributed by atoms with Gasteiger partial charge in [-0.1, -0.05) is 16.8 Å². The van der Waals surface area contributed by atoms with E-state index in [9.17, 15) is 18.0 Å². The van der Waals surface area contributed by atoms with E-state index in [2.05, 4.69) is 20.2 Å². The Hall–Kier alpha value is -3.07. The Morgan fingerprint density at radius 3 is 2.45 bits per heavy atom. The molecule has 2 aromatic carbocycles. The van der Waals surface area contributed by atoms with E-state index in [0.717, 1.165) is 5.56 Å². The molecule has 0 aliphatic carbocycles. The van der Waals surface area contributed by atoms with E-state index < -0.39 is 12.8 Å². The second kappa shape index (κ2) is 8.95. The van der Waals surface area contributed by atoms with Crippen molar-refractivity contribution in [2.45, 2.75) is 19.0 Å². The summed E-state index contributed by atoms with van der Waals surface area (Å²) in [5.41, 5.74) is 1.17. The first-order valence-corrected chi connectivity index (χ1v) is 8.84. The zero-order chi connectivity index (χ0) is 20.9. The quantitative estimate of drug-likeness (QED) is 0.582. The highest BCUT2D eigenvalue weighted by Gasteiger charge is 2.28. The van der Waals surface area contributed by atoms with Crippen LogP contribution >= 0.6 is 11.6 Å². The second-order valence-corrected chi connectivity index (χ2v) is 6.43. The maximum absolute atomic E-state index is 12.1. The minimum absolute atomic E-state index is 0.0564. The highest BCUT2D eigenvalue weighted by molar-refractivity contribution is 6.30. The monoisotopic (exact) mass is 425 g/mol. The summed E-state index contributed by atoms with van der Waals surface area (Å²) in [7, 11) is 0. The van der Waals surface area contributed by atoms with E-state index in [-0.39, 0.29) is 24.5 Å². The van der Waals surface area contributed by atoms with Crippen molar-refractivity contribution in [3.8, 4) is 17.1 Å². The number of halogens is 4. The van der Waals surface area contributed by atoms with Gasteiger partial charge in [0.25, 0.3) is 0 Å². The molecule has 3 aromatic rings. The SMILES string of the molecule is O=C(CCc1nc(-c2ccc(Cl)cc2)no1)Nc1ccc(OCC(F)(F)F)cc1. The number of carbonyl (C=O) groups is 1. The van der Waals surface area contributed by atoms with Crippen LogP contribution in [0.1, 0.15) is 12.3 Å². The van der Waals surface area contributed by atoms with Gasteiger partial charge in [-0.15, -0.1) is 0 Å². The predicted octanol–water partition coefficient (Wildman–Crippen LogP) is 4.90. The lowest BCUT2D eigenvalue weighted by Crippen LogP contribution is -2.19. The molecule has 3 rings (SSSR count). The van der Waals surface area contributed by atoms with Gasteiger partial charge >= 0.3 is 6.18 Å². The largest absolute Gasteiger partial charge is 0.484 e. The molecule has 0 atom stereocenters.